The lowest BCUT2D eigenvalue weighted by atomic mass is 9.73. The standard InChI is InChI=1S/C22H26N4O2/c1-2-25-15-22(10-8-19(25)27)9-4-13-26(16-22)21(28)18-7-3-6-17(14-18)20-23-11-5-12-24-20/h3,5-7,11-12,14H,2,4,8-10,13,15-16H2,1H3. The van der Waals surface area contributed by atoms with Gasteiger partial charge in [-0.05, 0) is 44.4 Å². The predicted molar refractivity (Wildman–Crippen MR) is 107 cm³/mol. The molecule has 1 aromatic carbocycles. The van der Waals surface area contributed by atoms with Crippen molar-refractivity contribution >= 4 is 11.8 Å². The maximum absolute atomic E-state index is 13.2. The van der Waals surface area contributed by atoms with Gasteiger partial charge in [0.15, 0.2) is 5.82 Å². The number of hydrogen-bond acceptors (Lipinski definition) is 4. The highest BCUT2D eigenvalue weighted by molar-refractivity contribution is 5.95. The number of piperidine rings is 2. The van der Waals surface area contributed by atoms with Gasteiger partial charge in [0.25, 0.3) is 5.91 Å². The molecule has 2 aliphatic rings. The van der Waals surface area contributed by atoms with Crippen molar-refractivity contribution in [2.45, 2.75) is 32.6 Å². The Kier molecular flexibility index (Phi) is 5.11. The highest BCUT2D eigenvalue weighted by Crippen LogP contribution is 2.39. The first-order valence-electron chi connectivity index (χ1n) is 10.0. The van der Waals surface area contributed by atoms with Crippen LogP contribution in [0.25, 0.3) is 11.4 Å². The minimum Gasteiger partial charge on any atom is -0.342 e. The number of hydrogen-bond donors (Lipinski definition) is 0. The van der Waals surface area contributed by atoms with Crippen molar-refractivity contribution in [1.82, 2.24) is 19.8 Å². The van der Waals surface area contributed by atoms with Crippen molar-refractivity contribution in [2.24, 2.45) is 5.41 Å². The van der Waals surface area contributed by atoms with Gasteiger partial charge in [-0.25, -0.2) is 9.97 Å². The highest BCUT2D eigenvalue weighted by atomic mass is 16.2. The Labute approximate surface area is 165 Å². The molecule has 6 heteroatoms. The van der Waals surface area contributed by atoms with E-state index in [1.807, 2.05) is 41.0 Å². The Bertz CT molecular complexity index is 870. The van der Waals surface area contributed by atoms with Crippen molar-refractivity contribution < 1.29 is 9.59 Å². The number of carbonyl (C=O) groups excluding carboxylic acids is 2. The third kappa shape index (κ3) is 3.63. The summed E-state index contributed by atoms with van der Waals surface area (Å²) in [6.45, 7) is 5.03. The monoisotopic (exact) mass is 378 g/mol. The minimum absolute atomic E-state index is 0.0397. The van der Waals surface area contributed by atoms with E-state index >= 15 is 0 Å². The van der Waals surface area contributed by atoms with E-state index in [-0.39, 0.29) is 17.2 Å². The van der Waals surface area contributed by atoms with Crippen LogP contribution in [0.1, 0.15) is 43.0 Å². The van der Waals surface area contributed by atoms with Gasteiger partial charge in [0.2, 0.25) is 5.91 Å². The molecule has 2 aliphatic heterocycles. The number of aromatic nitrogens is 2. The Morgan fingerprint density at radius 1 is 1.14 bits per heavy atom. The van der Waals surface area contributed by atoms with Gasteiger partial charge in [0, 0.05) is 61.5 Å². The quantitative estimate of drug-likeness (QED) is 0.823. The van der Waals surface area contributed by atoms with Crippen molar-refractivity contribution in [2.75, 3.05) is 26.2 Å². The molecule has 3 heterocycles. The fourth-order valence-corrected chi connectivity index (χ4v) is 4.53. The predicted octanol–water partition coefficient (Wildman–Crippen LogP) is 3.01. The smallest absolute Gasteiger partial charge is 0.253 e. The zero-order valence-electron chi connectivity index (χ0n) is 16.3. The summed E-state index contributed by atoms with van der Waals surface area (Å²) in [4.78, 5) is 37.8. The number of nitrogens with zero attached hydrogens (tertiary/aromatic N) is 4. The van der Waals surface area contributed by atoms with E-state index in [1.54, 1.807) is 18.5 Å². The lowest BCUT2D eigenvalue weighted by Crippen LogP contribution is -2.55. The summed E-state index contributed by atoms with van der Waals surface area (Å²) in [5.41, 5.74) is 1.55. The Balaban J connectivity index is 1.53. The first-order chi connectivity index (χ1) is 13.6. The van der Waals surface area contributed by atoms with Gasteiger partial charge in [-0.1, -0.05) is 12.1 Å². The molecule has 0 N–H and O–H groups in total. The van der Waals surface area contributed by atoms with E-state index in [9.17, 15) is 9.59 Å². The summed E-state index contributed by atoms with van der Waals surface area (Å²) in [6.07, 6.45) is 6.95. The topological polar surface area (TPSA) is 66.4 Å². The summed E-state index contributed by atoms with van der Waals surface area (Å²) in [6, 6.07) is 9.33. The van der Waals surface area contributed by atoms with Gasteiger partial charge in [-0.3, -0.25) is 9.59 Å². The van der Waals surface area contributed by atoms with E-state index in [4.69, 9.17) is 0 Å². The summed E-state index contributed by atoms with van der Waals surface area (Å²) in [5.74, 6) is 0.917. The third-order valence-electron chi connectivity index (χ3n) is 6.01. The minimum atomic E-state index is 0.0397. The first-order valence-corrected chi connectivity index (χ1v) is 10.0. The molecule has 0 saturated carbocycles. The normalized spacial score (nSPS) is 22.5. The number of carbonyl (C=O) groups is 2. The van der Waals surface area contributed by atoms with E-state index < -0.39 is 0 Å². The fraction of sp³-hybridized carbons (Fsp3) is 0.455. The van der Waals surface area contributed by atoms with Crippen LogP contribution in [0.4, 0.5) is 0 Å². The van der Waals surface area contributed by atoms with Gasteiger partial charge >= 0.3 is 0 Å². The molecular formula is C22H26N4O2. The second kappa shape index (κ2) is 7.70. The molecule has 0 aliphatic carbocycles. The molecule has 2 saturated heterocycles. The summed E-state index contributed by atoms with van der Waals surface area (Å²) in [7, 11) is 0. The highest BCUT2D eigenvalue weighted by Gasteiger charge is 2.42. The van der Waals surface area contributed by atoms with E-state index in [2.05, 4.69) is 9.97 Å². The van der Waals surface area contributed by atoms with Gasteiger partial charge in [-0.2, -0.15) is 0 Å². The van der Waals surface area contributed by atoms with E-state index in [0.29, 0.717) is 17.8 Å². The van der Waals surface area contributed by atoms with Gasteiger partial charge in [0.05, 0.1) is 0 Å². The van der Waals surface area contributed by atoms with Crippen LogP contribution in [0, 0.1) is 5.41 Å². The molecule has 0 radical (unpaired) electrons. The van der Waals surface area contributed by atoms with Crippen LogP contribution in [0.5, 0.6) is 0 Å². The Morgan fingerprint density at radius 2 is 1.96 bits per heavy atom. The summed E-state index contributed by atoms with van der Waals surface area (Å²) < 4.78 is 0. The molecule has 1 unspecified atom stereocenters. The summed E-state index contributed by atoms with van der Waals surface area (Å²) >= 11 is 0. The average molecular weight is 378 g/mol. The second-order valence-electron chi connectivity index (χ2n) is 7.89. The maximum atomic E-state index is 13.2. The molecule has 6 nitrogen and oxygen atoms in total. The van der Waals surface area contributed by atoms with Crippen LogP contribution >= 0.6 is 0 Å². The fourth-order valence-electron chi connectivity index (χ4n) is 4.53. The van der Waals surface area contributed by atoms with Gasteiger partial charge in [-0.15, -0.1) is 0 Å². The molecule has 1 atom stereocenters. The summed E-state index contributed by atoms with van der Waals surface area (Å²) in [5, 5.41) is 0. The Hall–Kier alpha value is -2.76. The molecule has 146 valence electrons. The maximum Gasteiger partial charge on any atom is 0.253 e. The van der Waals surface area contributed by atoms with Crippen molar-refractivity contribution in [3.63, 3.8) is 0 Å². The van der Waals surface area contributed by atoms with Crippen LogP contribution in [-0.4, -0.2) is 57.8 Å². The van der Waals surface area contributed by atoms with Crippen LogP contribution in [0.15, 0.2) is 42.7 Å². The Morgan fingerprint density at radius 3 is 2.75 bits per heavy atom. The molecule has 4 rings (SSSR count). The molecular weight excluding hydrogens is 352 g/mol. The lowest BCUT2D eigenvalue weighted by Gasteiger charge is -2.48. The molecule has 2 aromatic rings. The van der Waals surface area contributed by atoms with Crippen molar-refractivity contribution in [1.29, 1.82) is 0 Å². The van der Waals surface area contributed by atoms with Crippen LogP contribution in [0.3, 0.4) is 0 Å². The molecule has 2 amide bonds. The van der Waals surface area contributed by atoms with Gasteiger partial charge < -0.3 is 9.80 Å². The number of likely N-dealkylation sites (tertiary alicyclic amines) is 2. The van der Waals surface area contributed by atoms with Gasteiger partial charge in [0.1, 0.15) is 0 Å². The number of rotatable bonds is 3. The first kappa shape index (κ1) is 18.6. The SMILES string of the molecule is CCN1CC2(CCCN(C(=O)c3cccc(-c4ncccn4)c3)C2)CCC1=O. The second-order valence-corrected chi connectivity index (χ2v) is 7.89. The lowest BCUT2D eigenvalue weighted by molar-refractivity contribution is -0.138. The van der Waals surface area contributed by atoms with Crippen LogP contribution in [-0.2, 0) is 4.79 Å². The third-order valence-corrected chi connectivity index (χ3v) is 6.01. The molecule has 1 spiro atoms. The van der Waals surface area contributed by atoms with Crippen molar-refractivity contribution in [3.05, 3.63) is 48.3 Å². The zero-order valence-corrected chi connectivity index (χ0v) is 16.3. The average Bonchev–Trinajstić information content (AvgIpc) is 2.76. The molecule has 1 aromatic heterocycles. The molecule has 2 fully saturated rings. The largest absolute Gasteiger partial charge is 0.342 e. The molecule has 0 bridgehead atoms. The van der Waals surface area contributed by atoms with E-state index in [0.717, 1.165) is 51.0 Å². The van der Waals surface area contributed by atoms with Crippen LogP contribution in [0.2, 0.25) is 0 Å². The molecule has 28 heavy (non-hydrogen) atoms. The van der Waals surface area contributed by atoms with Crippen molar-refractivity contribution in [3.8, 4) is 11.4 Å². The van der Waals surface area contributed by atoms with Crippen LogP contribution < -0.4 is 0 Å². The van der Waals surface area contributed by atoms with E-state index in [1.165, 1.54) is 0 Å². The number of amides is 2. The zero-order chi connectivity index (χ0) is 19.6. The number of benzene rings is 1.